The van der Waals surface area contributed by atoms with E-state index in [1.54, 1.807) is 12.1 Å². The van der Waals surface area contributed by atoms with Crippen molar-refractivity contribution in [3.05, 3.63) is 35.4 Å². The monoisotopic (exact) mass is 224 g/mol. The fraction of sp³-hybridized carbons (Fsp3) is 0.417. The van der Waals surface area contributed by atoms with Crippen molar-refractivity contribution in [1.82, 2.24) is 0 Å². The van der Waals surface area contributed by atoms with Crippen molar-refractivity contribution in [3.8, 4) is 0 Å². The number of unbranched alkanes of at least 4 members (excludes halogenated alkanes) is 1. The summed E-state index contributed by atoms with van der Waals surface area (Å²) in [4.78, 5) is 11.6. The van der Waals surface area contributed by atoms with Crippen molar-refractivity contribution < 1.29 is 19.7 Å². The van der Waals surface area contributed by atoms with E-state index in [4.69, 9.17) is 14.9 Å². The minimum Gasteiger partial charge on any atom is -0.462 e. The van der Waals surface area contributed by atoms with Crippen molar-refractivity contribution in [1.29, 1.82) is 0 Å². The molecule has 0 amide bonds. The minimum absolute atomic E-state index is 0.170. The highest BCUT2D eigenvalue weighted by atomic mass is 16.5. The molecule has 16 heavy (non-hydrogen) atoms. The van der Waals surface area contributed by atoms with E-state index in [2.05, 4.69) is 0 Å². The van der Waals surface area contributed by atoms with Crippen LogP contribution in [0.5, 0.6) is 0 Å². The summed E-state index contributed by atoms with van der Waals surface area (Å²) in [5, 5.41) is 18.1. The van der Waals surface area contributed by atoms with Gasteiger partial charge in [0.15, 0.2) is 6.29 Å². The summed E-state index contributed by atoms with van der Waals surface area (Å²) < 4.78 is 5.00. The second-order valence-electron chi connectivity index (χ2n) is 3.45. The average molecular weight is 224 g/mol. The van der Waals surface area contributed by atoms with Crippen LogP contribution < -0.4 is 0 Å². The number of carbonyl (C=O) groups excluding carboxylic acids is 1. The van der Waals surface area contributed by atoms with E-state index in [1.807, 2.05) is 6.92 Å². The molecule has 0 aliphatic carbocycles. The first kappa shape index (κ1) is 12.7. The van der Waals surface area contributed by atoms with Gasteiger partial charge < -0.3 is 14.9 Å². The Kier molecular flexibility index (Phi) is 4.95. The minimum atomic E-state index is -1.66. The first-order chi connectivity index (χ1) is 7.66. The summed E-state index contributed by atoms with van der Waals surface area (Å²) in [5.41, 5.74) is 0.373. The molecule has 0 saturated heterocycles. The highest BCUT2D eigenvalue weighted by molar-refractivity contribution is 5.91. The molecule has 0 fully saturated rings. The van der Waals surface area contributed by atoms with Crippen LogP contribution in [0.25, 0.3) is 0 Å². The number of aliphatic hydroxyl groups excluding tert-OH is 1. The number of rotatable bonds is 5. The molecule has 1 aromatic rings. The third-order valence-corrected chi connectivity index (χ3v) is 2.19. The standard InChI is InChI=1S/C12H16O4/c1-2-3-8-16-12(15)10-7-5-4-6-9(10)11(13)14/h4-7,11,13-14H,2-3,8H2,1H3. The molecule has 0 saturated carbocycles. The van der Waals surface area contributed by atoms with Crippen LogP contribution in [0.1, 0.15) is 42.0 Å². The third-order valence-electron chi connectivity index (χ3n) is 2.19. The van der Waals surface area contributed by atoms with Gasteiger partial charge in [0.05, 0.1) is 12.2 Å². The fourth-order valence-corrected chi connectivity index (χ4v) is 1.30. The largest absolute Gasteiger partial charge is 0.462 e. The summed E-state index contributed by atoms with van der Waals surface area (Å²) in [7, 11) is 0. The van der Waals surface area contributed by atoms with Gasteiger partial charge in [0, 0.05) is 5.56 Å². The Labute approximate surface area is 94.5 Å². The highest BCUT2D eigenvalue weighted by Crippen LogP contribution is 2.16. The zero-order valence-electron chi connectivity index (χ0n) is 9.22. The van der Waals surface area contributed by atoms with Crippen molar-refractivity contribution in [2.24, 2.45) is 0 Å². The molecule has 4 nitrogen and oxygen atoms in total. The van der Waals surface area contributed by atoms with Gasteiger partial charge in [-0.1, -0.05) is 31.5 Å². The molecule has 0 bridgehead atoms. The highest BCUT2D eigenvalue weighted by Gasteiger charge is 2.15. The predicted octanol–water partition coefficient (Wildman–Crippen LogP) is 1.63. The Morgan fingerprint density at radius 3 is 2.69 bits per heavy atom. The van der Waals surface area contributed by atoms with E-state index >= 15 is 0 Å². The van der Waals surface area contributed by atoms with E-state index in [1.165, 1.54) is 12.1 Å². The quantitative estimate of drug-likeness (QED) is 0.453. The molecule has 4 heteroatoms. The second kappa shape index (κ2) is 6.25. The molecule has 0 heterocycles. The van der Waals surface area contributed by atoms with Crippen LogP contribution in [-0.2, 0) is 4.74 Å². The lowest BCUT2D eigenvalue weighted by Gasteiger charge is -2.10. The van der Waals surface area contributed by atoms with Crippen LogP contribution in [-0.4, -0.2) is 22.8 Å². The molecule has 0 spiro atoms. The van der Waals surface area contributed by atoms with Crippen molar-refractivity contribution in [2.75, 3.05) is 6.61 Å². The Morgan fingerprint density at radius 1 is 1.38 bits per heavy atom. The number of hydrogen-bond acceptors (Lipinski definition) is 4. The van der Waals surface area contributed by atoms with Gasteiger partial charge in [-0.2, -0.15) is 0 Å². The number of aliphatic hydroxyl groups is 2. The first-order valence-electron chi connectivity index (χ1n) is 5.29. The normalized spacial score (nSPS) is 10.5. The zero-order chi connectivity index (χ0) is 12.0. The van der Waals surface area contributed by atoms with E-state index in [9.17, 15) is 4.79 Å². The predicted molar refractivity (Wildman–Crippen MR) is 58.8 cm³/mol. The van der Waals surface area contributed by atoms with Gasteiger partial charge in [0.25, 0.3) is 0 Å². The zero-order valence-corrected chi connectivity index (χ0v) is 9.22. The Balaban J connectivity index is 2.74. The van der Waals surface area contributed by atoms with Crippen LogP contribution in [0.2, 0.25) is 0 Å². The van der Waals surface area contributed by atoms with E-state index in [0.29, 0.717) is 6.61 Å². The van der Waals surface area contributed by atoms with Crippen LogP contribution in [0.3, 0.4) is 0 Å². The molecular formula is C12H16O4. The maximum absolute atomic E-state index is 11.6. The van der Waals surface area contributed by atoms with Crippen LogP contribution in [0.15, 0.2) is 24.3 Å². The maximum Gasteiger partial charge on any atom is 0.338 e. The van der Waals surface area contributed by atoms with Gasteiger partial charge in [-0.3, -0.25) is 0 Å². The Hall–Kier alpha value is -1.39. The van der Waals surface area contributed by atoms with E-state index in [0.717, 1.165) is 12.8 Å². The van der Waals surface area contributed by atoms with Crippen molar-refractivity contribution >= 4 is 5.97 Å². The number of ether oxygens (including phenoxy) is 1. The van der Waals surface area contributed by atoms with Gasteiger partial charge >= 0.3 is 5.97 Å². The molecule has 1 aromatic carbocycles. The molecule has 2 N–H and O–H groups in total. The summed E-state index contributed by atoms with van der Waals surface area (Å²) in [5.74, 6) is -0.517. The molecular weight excluding hydrogens is 208 g/mol. The molecule has 0 radical (unpaired) electrons. The molecule has 0 unspecified atom stereocenters. The van der Waals surface area contributed by atoms with E-state index in [-0.39, 0.29) is 11.1 Å². The SMILES string of the molecule is CCCCOC(=O)c1ccccc1C(O)O. The third kappa shape index (κ3) is 3.32. The maximum atomic E-state index is 11.6. The summed E-state index contributed by atoms with van der Waals surface area (Å²) in [6.07, 6.45) is 0.0857. The van der Waals surface area contributed by atoms with Crippen LogP contribution >= 0.6 is 0 Å². The number of hydrogen-bond donors (Lipinski definition) is 2. The van der Waals surface area contributed by atoms with Gasteiger partial charge in [-0.25, -0.2) is 4.79 Å². The summed E-state index contributed by atoms with van der Waals surface area (Å²) >= 11 is 0. The van der Waals surface area contributed by atoms with Gasteiger partial charge in [-0.05, 0) is 12.5 Å². The fourth-order valence-electron chi connectivity index (χ4n) is 1.30. The molecule has 88 valence electrons. The lowest BCUT2D eigenvalue weighted by Crippen LogP contribution is -2.11. The topological polar surface area (TPSA) is 66.8 Å². The number of benzene rings is 1. The molecule has 0 aliphatic rings. The molecule has 1 rings (SSSR count). The number of esters is 1. The van der Waals surface area contributed by atoms with Gasteiger partial charge in [0.1, 0.15) is 0 Å². The first-order valence-corrected chi connectivity index (χ1v) is 5.29. The molecule has 0 aliphatic heterocycles. The lowest BCUT2D eigenvalue weighted by molar-refractivity contribution is -0.0434. The van der Waals surface area contributed by atoms with Crippen LogP contribution in [0, 0.1) is 0 Å². The Bertz CT molecular complexity index is 347. The van der Waals surface area contributed by atoms with E-state index < -0.39 is 12.3 Å². The van der Waals surface area contributed by atoms with Crippen molar-refractivity contribution in [3.63, 3.8) is 0 Å². The van der Waals surface area contributed by atoms with Gasteiger partial charge in [0.2, 0.25) is 0 Å². The number of carbonyl (C=O) groups is 1. The Morgan fingerprint density at radius 2 is 2.06 bits per heavy atom. The second-order valence-corrected chi connectivity index (χ2v) is 3.45. The molecule has 0 aromatic heterocycles. The van der Waals surface area contributed by atoms with Crippen LogP contribution in [0.4, 0.5) is 0 Å². The smallest absolute Gasteiger partial charge is 0.338 e. The molecule has 0 atom stereocenters. The summed E-state index contributed by atoms with van der Waals surface area (Å²) in [6, 6.07) is 6.30. The lowest BCUT2D eigenvalue weighted by atomic mass is 10.1. The van der Waals surface area contributed by atoms with Gasteiger partial charge in [-0.15, -0.1) is 0 Å². The average Bonchev–Trinajstić information content (AvgIpc) is 2.29. The summed E-state index contributed by atoms with van der Waals surface area (Å²) in [6.45, 7) is 2.35. The van der Waals surface area contributed by atoms with Crippen molar-refractivity contribution in [2.45, 2.75) is 26.1 Å².